The van der Waals surface area contributed by atoms with Gasteiger partial charge in [0.05, 0.1) is 29.1 Å². The molecule has 0 atom stereocenters. The third kappa shape index (κ3) is 2.71. The quantitative estimate of drug-likeness (QED) is 0.864. The molecule has 0 amide bonds. The summed E-state index contributed by atoms with van der Waals surface area (Å²) < 4.78 is 7.82. The first-order chi connectivity index (χ1) is 8.69. The molecule has 1 fully saturated rings. The fourth-order valence-electron chi connectivity index (χ4n) is 2.36. The lowest BCUT2D eigenvalue weighted by Crippen LogP contribution is -2.35. The Balaban J connectivity index is 1.94. The summed E-state index contributed by atoms with van der Waals surface area (Å²) in [5, 5.41) is 5.26. The van der Waals surface area contributed by atoms with E-state index >= 15 is 0 Å². The number of ether oxygens (including phenoxy) is 1. The molecular weight excluding hydrogens is 250 g/mol. The van der Waals surface area contributed by atoms with Crippen molar-refractivity contribution < 1.29 is 4.74 Å². The zero-order valence-electron chi connectivity index (χ0n) is 11.2. The van der Waals surface area contributed by atoms with Crippen LogP contribution in [0.4, 0.5) is 0 Å². The van der Waals surface area contributed by atoms with Gasteiger partial charge >= 0.3 is 0 Å². The molecule has 5 heteroatoms. The van der Waals surface area contributed by atoms with Crippen molar-refractivity contribution in [1.82, 2.24) is 9.78 Å². The second kappa shape index (κ2) is 6.04. The summed E-state index contributed by atoms with van der Waals surface area (Å²) in [5.74, 6) is 0.646. The third-order valence-electron chi connectivity index (χ3n) is 3.68. The van der Waals surface area contributed by atoms with Gasteiger partial charge in [0, 0.05) is 6.54 Å². The van der Waals surface area contributed by atoms with Gasteiger partial charge in [-0.1, -0.05) is 18.5 Å². The summed E-state index contributed by atoms with van der Waals surface area (Å²) in [6, 6.07) is 0. The van der Waals surface area contributed by atoms with Crippen LogP contribution < -0.4 is 5.73 Å². The van der Waals surface area contributed by atoms with Gasteiger partial charge in [0.1, 0.15) is 0 Å². The first-order valence-corrected chi connectivity index (χ1v) is 7.13. The van der Waals surface area contributed by atoms with Gasteiger partial charge in [0.2, 0.25) is 0 Å². The van der Waals surface area contributed by atoms with Crippen LogP contribution in [0.3, 0.4) is 0 Å². The average Bonchev–Trinajstić information content (AvgIpc) is 2.64. The van der Waals surface area contributed by atoms with E-state index in [0.29, 0.717) is 18.6 Å². The van der Waals surface area contributed by atoms with E-state index in [-0.39, 0.29) is 0 Å². The minimum atomic E-state index is 0.347. The van der Waals surface area contributed by atoms with E-state index in [0.717, 1.165) is 48.8 Å². The number of hydrogen-bond acceptors (Lipinski definition) is 3. The monoisotopic (exact) mass is 271 g/mol. The second-order valence-electron chi connectivity index (χ2n) is 4.88. The number of nitrogens with two attached hydrogens (primary N) is 1. The molecule has 1 aliphatic carbocycles. The summed E-state index contributed by atoms with van der Waals surface area (Å²) in [6.07, 6.45) is 3.36. The molecule has 1 saturated carbocycles. The van der Waals surface area contributed by atoms with E-state index in [1.54, 1.807) is 0 Å². The Morgan fingerprint density at radius 3 is 2.72 bits per heavy atom. The number of aryl methyl sites for hydroxylation is 2. The maximum Gasteiger partial charge on any atom is 0.0903 e. The Kier molecular flexibility index (Phi) is 4.65. The first kappa shape index (κ1) is 13.8. The van der Waals surface area contributed by atoms with Gasteiger partial charge in [-0.15, -0.1) is 0 Å². The van der Waals surface area contributed by atoms with Gasteiger partial charge in [0.15, 0.2) is 0 Å². The van der Waals surface area contributed by atoms with E-state index < -0.39 is 0 Å². The predicted octanol–water partition coefficient (Wildman–Crippen LogP) is 2.37. The van der Waals surface area contributed by atoms with Crippen molar-refractivity contribution in [1.29, 1.82) is 0 Å². The van der Waals surface area contributed by atoms with Crippen molar-refractivity contribution in [3.05, 3.63) is 16.4 Å². The number of halogens is 1. The molecule has 0 bridgehead atoms. The highest BCUT2D eigenvalue weighted by molar-refractivity contribution is 6.31. The van der Waals surface area contributed by atoms with E-state index in [1.165, 1.54) is 0 Å². The van der Waals surface area contributed by atoms with Gasteiger partial charge in [-0.05, 0) is 38.6 Å². The minimum absolute atomic E-state index is 0.347. The number of nitrogens with zero attached hydrogens (tertiary/aromatic N) is 2. The lowest BCUT2D eigenvalue weighted by Gasteiger charge is -2.34. The zero-order chi connectivity index (χ0) is 13.1. The highest BCUT2D eigenvalue weighted by Gasteiger charge is 2.29. The van der Waals surface area contributed by atoms with Crippen LogP contribution in [0, 0.1) is 5.92 Å². The Morgan fingerprint density at radius 2 is 2.17 bits per heavy atom. The molecule has 0 aromatic carbocycles. The molecule has 1 heterocycles. The smallest absolute Gasteiger partial charge is 0.0903 e. The highest BCUT2D eigenvalue weighted by Crippen LogP contribution is 2.31. The Bertz CT molecular complexity index is 399. The van der Waals surface area contributed by atoms with Crippen molar-refractivity contribution in [3.63, 3.8) is 0 Å². The third-order valence-corrected chi connectivity index (χ3v) is 4.11. The van der Waals surface area contributed by atoms with Crippen molar-refractivity contribution in [2.45, 2.75) is 52.4 Å². The van der Waals surface area contributed by atoms with E-state index in [4.69, 9.17) is 22.1 Å². The fourth-order valence-corrected chi connectivity index (χ4v) is 2.68. The number of aromatic nitrogens is 2. The molecule has 0 spiro atoms. The molecule has 2 N–H and O–H groups in total. The van der Waals surface area contributed by atoms with Crippen LogP contribution in [-0.4, -0.2) is 22.4 Å². The van der Waals surface area contributed by atoms with Gasteiger partial charge < -0.3 is 10.5 Å². The normalized spacial score (nSPS) is 23.1. The molecular formula is C13H22ClN3O. The van der Waals surface area contributed by atoms with E-state index in [2.05, 4.69) is 18.9 Å². The van der Waals surface area contributed by atoms with Gasteiger partial charge in [-0.2, -0.15) is 5.10 Å². The lowest BCUT2D eigenvalue weighted by molar-refractivity contribution is -0.0398. The fraction of sp³-hybridized carbons (Fsp3) is 0.769. The van der Waals surface area contributed by atoms with Crippen LogP contribution in [0.25, 0.3) is 0 Å². The zero-order valence-corrected chi connectivity index (χ0v) is 11.9. The van der Waals surface area contributed by atoms with Gasteiger partial charge in [-0.25, -0.2) is 0 Å². The van der Waals surface area contributed by atoms with Crippen molar-refractivity contribution in [3.8, 4) is 0 Å². The Morgan fingerprint density at radius 1 is 1.44 bits per heavy atom. The molecule has 0 unspecified atom stereocenters. The molecule has 0 saturated heterocycles. The van der Waals surface area contributed by atoms with Crippen molar-refractivity contribution in [2.75, 3.05) is 6.54 Å². The minimum Gasteiger partial charge on any atom is -0.372 e. The predicted molar refractivity (Wildman–Crippen MR) is 72.6 cm³/mol. The molecule has 1 aromatic rings. The van der Waals surface area contributed by atoms with Crippen LogP contribution in [-0.2, 0) is 24.3 Å². The molecule has 1 aliphatic rings. The second-order valence-corrected chi connectivity index (χ2v) is 5.26. The van der Waals surface area contributed by atoms with Crippen molar-refractivity contribution in [2.24, 2.45) is 11.7 Å². The van der Waals surface area contributed by atoms with Crippen LogP contribution in [0.5, 0.6) is 0 Å². The average molecular weight is 272 g/mol. The van der Waals surface area contributed by atoms with Crippen LogP contribution >= 0.6 is 11.6 Å². The summed E-state index contributed by atoms with van der Waals surface area (Å²) >= 11 is 6.33. The van der Waals surface area contributed by atoms with Gasteiger partial charge in [-0.3, -0.25) is 4.68 Å². The standard InChI is InChI=1S/C13H22ClN3O/c1-3-11-13(14)12(17(4-2)16-11)8-18-10-5-9(6-10)7-15/h9-10H,3-8,15H2,1-2H3. The molecule has 102 valence electrons. The van der Waals surface area contributed by atoms with Crippen LogP contribution in [0.2, 0.25) is 5.02 Å². The molecule has 0 radical (unpaired) electrons. The Hall–Kier alpha value is -0.580. The summed E-state index contributed by atoms with van der Waals surface area (Å²) in [6.45, 7) is 6.29. The molecule has 18 heavy (non-hydrogen) atoms. The maximum atomic E-state index is 6.33. The van der Waals surface area contributed by atoms with Crippen LogP contribution in [0.15, 0.2) is 0 Å². The number of hydrogen-bond donors (Lipinski definition) is 1. The topological polar surface area (TPSA) is 53.1 Å². The Labute approximate surface area is 113 Å². The van der Waals surface area contributed by atoms with Gasteiger partial charge in [0.25, 0.3) is 0 Å². The summed E-state index contributed by atoms with van der Waals surface area (Å²) in [5.41, 5.74) is 7.57. The molecule has 2 rings (SSSR count). The maximum absolute atomic E-state index is 6.33. The summed E-state index contributed by atoms with van der Waals surface area (Å²) in [7, 11) is 0. The SMILES string of the molecule is CCc1nn(CC)c(COC2CC(CN)C2)c1Cl. The van der Waals surface area contributed by atoms with E-state index in [1.807, 2.05) is 4.68 Å². The molecule has 0 aliphatic heterocycles. The molecule has 1 aromatic heterocycles. The van der Waals surface area contributed by atoms with Crippen LogP contribution in [0.1, 0.15) is 38.1 Å². The number of rotatable bonds is 6. The highest BCUT2D eigenvalue weighted by atomic mass is 35.5. The first-order valence-electron chi connectivity index (χ1n) is 6.75. The lowest BCUT2D eigenvalue weighted by atomic mass is 9.82. The molecule has 4 nitrogen and oxygen atoms in total. The van der Waals surface area contributed by atoms with Crippen molar-refractivity contribution >= 4 is 11.6 Å². The summed E-state index contributed by atoms with van der Waals surface area (Å²) in [4.78, 5) is 0. The van der Waals surface area contributed by atoms with E-state index in [9.17, 15) is 0 Å². The largest absolute Gasteiger partial charge is 0.372 e.